The molecule has 0 aliphatic carbocycles. The lowest BCUT2D eigenvalue weighted by atomic mass is 10.0. The fraction of sp³-hybridized carbons (Fsp3) is 0.0500. The van der Waals surface area contributed by atoms with E-state index >= 15 is 0 Å². The van der Waals surface area contributed by atoms with E-state index in [1.807, 2.05) is 48.6 Å². The molecule has 3 aromatic carbocycles. The van der Waals surface area contributed by atoms with Gasteiger partial charge in [-0.05, 0) is 46.7 Å². The molecular formula is C20H15BrO4. The first kappa shape index (κ1) is 17.0. The van der Waals surface area contributed by atoms with Crippen LogP contribution in [-0.4, -0.2) is 22.8 Å². The van der Waals surface area contributed by atoms with E-state index in [0.29, 0.717) is 5.75 Å². The summed E-state index contributed by atoms with van der Waals surface area (Å²) in [7, 11) is 0. The highest BCUT2D eigenvalue weighted by molar-refractivity contribution is 9.10. The lowest BCUT2D eigenvalue weighted by Gasteiger charge is -2.06. The molecule has 0 bridgehead atoms. The number of aromatic hydroxyl groups is 1. The molecule has 3 rings (SSSR count). The second-order valence-corrected chi connectivity index (χ2v) is 6.36. The molecule has 0 spiro atoms. The maximum Gasteiger partial charge on any atom is 0.341 e. The van der Waals surface area contributed by atoms with Gasteiger partial charge in [-0.2, -0.15) is 0 Å². The number of hydrogen-bond donors (Lipinski definition) is 2. The Morgan fingerprint density at radius 3 is 2.52 bits per heavy atom. The number of carbonyl (C=O) groups is 1. The molecule has 0 radical (unpaired) electrons. The standard InChI is InChI=1S/C20H15BrO4/c21-15-5-9-17-14(11-15)4-10-19(22)18(17)8-3-13-1-6-16(7-2-13)25-12-20(23)24/h1-11,22H,12H2,(H,23,24)/b8-3+. The average Bonchev–Trinajstić information content (AvgIpc) is 2.60. The second kappa shape index (κ2) is 7.40. The largest absolute Gasteiger partial charge is 0.507 e. The summed E-state index contributed by atoms with van der Waals surface area (Å²) in [4.78, 5) is 10.5. The van der Waals surface area contributed by atoms with Crippen molar-refractivity contribution >= 4 is 44.8 Å². The van der Waals surface area contributed by atoms with Crippen LogP contribution in [0.2, 0.25) is 0 Å². The van der Waals surface area contributed by atoms with Gasteiger partial charge in [0.15, 0.2) is 6.61 Å². The number of hydrogen-bond acceptors (Lipinski definition) is 3. The number of benzene rings is 3. The van der Waals surface area contributed by atoms with Crippen molar-refractivity contribution in [2.75, 3.05) is 6.61 Å². The van der Waals surface area contributed by atoms with Gasteiger partial charge in [-0.3, -0.25) is 0 Å². The van der Waals surface area contributed by atoms with E-state index < -0.39 is 5.97 Å². The smallest absolute Gasteiger partial charge is 0.341 e. The molecule has 0 heterocycles. The minimum absolute atomic E-state index is 0.215. The molecule has 0 fully saturated rings. The molecule has 0 saturated carbocycles. The van der Waals surface area contributed by atoms with Gasteiger partial charge in [0.05, 0.1) is 0 Å². The molecule has 0 unspecified atom stereocenters. The Kier molecular flexibility index (Phi) is 5.05. The van der Waals surface area contributed by atoms with E-state index in [1.165, 1.54) is 0 Å². The number of phenols is 1. The number of halogens is 1. The first-order valence-electron chi connectivity index (χ1n) is 7.57. The van der Waals surface area contributed by atoms with Gasteiger partial charge in [-0.25, -0.2) is 4.79 Å². The summed E-state index contributed by atoms with van der Waals surface area (Å²) in [6.45, 7) is -0.366. The molecule has 2 N–H and O–H groups in total. The molecule has 3 aromatic rings. The van der Waals surface area contributed by atoms with Gasteiger partial charge in [0.1, 0.15) is 11.5 Å². The third kappa shape index (κ3) is 4.19. The van der Waals surface area contributed by atoms with Crippen molar-refractivity contribution in [3.8, 4) is 11.5 Å². The minimum Gasteiger partial charge on any atom is -0.507 e. The van der Waals surface area contributed by atoms with Gasteiger partial charge in [-0.15, -0.1) is 0 Å². The van der Waals surface area contributed by atoms with Gasteiger partial charge in [-0.1, -0.05) is 52.3 Å². The Morgan fingerprint density at radius 1 is 1.04 bits per heavy atom. The number of fused-ring (bicyclic) bond motifs is 1. The second-order valence-electron chi connectivity index (χ2n) is 5.45. The lowest BCUT2D eigenvalue weighted by Crippen LogP contribution is -2.09. The third-order valence-electron chi connectivity index (χ3n) is 3.69. The van der Waals surface area contributed by atoms with Crippen LogP contribution in [0.3, 0.4) is 0 Å². The Bertz CT molecular complexity index is 946. The van der Waals surface area contributed by atoms with Crippen molar-refractivity contribution in [2.45, 2.75) is 0 Å². The van der Waals surface area contributed by atoms with Crippen LogP contribution in [0.1, 0.15) is 11.1 Å². The van der Waals surface area contributed by atoms with Gasteiger partial charge in [0.25, 0.3) is 0 Å². The zero-order chi connectivity index (χ0) is 17.8. The Morgan fingerprint density at radius 2 is 1.80 bits per heavy atom. The van der Waals surface area contributed by atoms with Crippen LogP contribution in [0.15, 0.2) is 59.1 Å². The predicted octanol–water partition coefficient (Wildman–Crippen LogP) is 4.94. The van der Waals surface area contributed by atoms with Crippen LogP contribution in [0, 0.1) is 0 Å². The Hall–Kier alpha value is -2.79. The third-order valence-corrected chi connectivity index (χ3v) is 4.18. The van der Waals surface area contributed by atoms with Crippen LogP contribution < -0.4 is 4.74 Å². The van der Waals surface area contributed by atoms with Gasteiger partial charge in [0.2, 0.25) is 0 Å². The quantitative estimate of drug-likeness (QED) is 0.597. The summed E-state index contributed by atoms with van der Waals surface area (Å²) in [6.07, 6.45) is 3.75. The molecular weight excluding hydrogens is 384 g/mol. The van der Waals surface area contributed by atoms with E-state index in [-0.39, 0.29) is 12.4 Å². The van der Waals surface area contributed by atoms with Crippen molar-refractivity contribution in [1.29, 1.82) is 0 Å². The maximum atomic E-state index is 10.5. The summed E-state index contributed by atoms with van der Waals surface area (Å²) >= 11 is 3.45. The number of carboxylic acids is 1. The highest BCUT2D eigenvalue weighted by Crippen LogP contribution is 2.31. The minimum atomic E-state index is -1.01. The molecule has 0 saturated heterocycles. The Labute approximate surface area is 153 Å². The van der Waals surface area contributed by atoms with Crippen molar-refractivity contribution in [2.24, 2.45) is 0 Å². The topological polar surface area (TPSA) is 66.8 Å². The predicted molar refractivity (Wildman–Crippen MR) is 102 cm³/mol. The molecule has 0 amide bonds. The number of phenolic OH excluding ortho intramolecular Hbond substituents is 1. The van der Waals surface area contributed by atoms with Crippen molar-refractivity contribution in [3.63, 3.8) is 0 Å². The van der Waals surface area contributed by atoms with Crippen molar-refractivity contribution in [1.82, 2.24) is 0 Å². The van der Waals surface area contributed by atoms with E-state index in [2.05, 4.69) is 15.9 Å². The van der Waals surface area contributed by atoms with Gasteiger partial charge >= 0.3 is 5.97 Å². The molecule has 0 atom stereocenters. The highest BCUT2D eigenvalue weighted by atomic mass is 79.9. The Balaban J connectivity index is 1.85. The van der Waals surface area contributed by atoms with Crippen molar-refractivity contribution < 1.29 is 19.7 Å². The van der Waals surface area contributed by atoms with E-state index in [0.717, 1.165) is 26.4 Å². The number of carboxylic acid groups (broad SMARTS) is 1. The lowest BCUT2D eigenvalue weighted by molar-refractivity contribution is -0.139. The summed E-state index contributed by atoms with van der Waals surface area (Å²) in [6, 6.07) is 16.5. The first-order chi connectivity index (χ1) is 12.0. The van der Waals surface area contributed by atoms with Gasteiger partial charge < -0.3 is 14.9 Å². The van der Waals surface area contributed by atoms with E-state index in [4.69, 9.17) is 9.84 Å². The summed E-state index contributed by atoms with van der Waals surface area (Å²) in [5.41, 5.74) is 1.66. The number of rotatable bonds is 5. The fourth-order valence-electron chi connectivity index (χ4n) is 2.49. The van der Waals surface area contributed by atoms with Crippen LogP contribution >= 0.6 is 15.9 Å². The molecule has 4 nitrogen and oxygen atoms in total. The summed E-state index contributed by atoms with van der Waals surface area (Å²) in [5.74, 6) is -0.299. The summed E-state index contributed by atoms with van der Waals surface area (Å²) < 4.78 is 6.09. The molecule has 25 heavy (non-hydrogen) atoms. The summed E-state index contributed by atoms with van der Waals surface area (Å²) in [5, 5.41) is 20.8. The zero-order valence-corrected chi connectivity index (χ0v) is 14.7. The van der Waals surface area contributed by atoms with Crippen molar-refractivity contribution in [3.05, 3.63) is 70.2 Å². The highest BCUT2D eigenvalue weighted by Gasteiger charge is 2.05. The monoisotopic (exact) mass is 398 g/mol. The number of aliphatic carboxylic acids is 1. The SMILES string of the molecule is O=C(O)COc1ccc(/C=C/c2c(O)ccc3cc(Br)ccc23)cc1. The molecule has 5 heteroatoms. The van der Waals surface area contributed by atoms with Crippen LogP contribution in [0.4, 0.5) is 0 Å². The van der Waals surface area contributed by atoms with Crippen LogP contribution in [0.5, 0.6) is 11.5 Å². The first-order valence-corrected chi connectivity index (χ1v) is 8.36. The number of ether oxygens (including phenoxy) is 1. The fourth-order valence-corrected chi connectivity index (χ4v) is 2.87. The maximum absolute atomic E-state index is 10.5. The average molecular weight is 399 g/mol. The molecule has 0 aliphatic heterocycles. The molecule has 0 aliphatic rings. The normalized spacial score (nSPS) is 11.1. The molecule has 126 valence electrons. The van der Waals surface area contributed by atoms with Crippen LogP contribution in [-0.2, 0) is 4.79 Å². The van der Waals surface area contributed by atoms with Crippen LogP contribution in [0.25, 0.3) is 22.9 Å². The van der Waals surface area contributed by atoms with Gasteiger partial charge in [0, 0.05) is 10.0 Å². The van der Waals surface area contributed by atoms with E-state index in [9.17, 15) is 9.90 Å². The molecule has 0 aromatic heterocycles. The zero-order valence-electron chi connectivity index (χ0n) is 13.1. The van der Waals surface area contributed by atoms with E-state index in [1.54, 1.807) is 18.2 Å².